The van der Waals surface area contributed by atoms with E-state index in [0.29, 0.717) is 11.8 Å². The largest absolute Gasteiger partial charge is 0.342 e. The number of amides is 1. The minimum absolute atomic E-state index is 0.104. The van der Waals surface area contributed by atoms with Crippen LogP contribution >= 0.6 is 0 Å². The molecule has 0 radical (unpaired) electrons. The lowest BCUT2D eigenvalue weighted by Crippen LogP contribution is -2.53. The van der Waals surface area contributed by atoms with Crippen LogP contribution in [0.2, 0.25) is 0 Å². The monoisotopic (exact) mass is 291 g/mol. The van der Waals surface area contributed by atoms with Gasteiger partial charge in [-0.25, -0.2) is 0 Å². The van der Waals surface area contributed by atoms with Crippen LogP contribution in [0.15, 0.2) is 60.7 Å². The molecule has 2 heteroatoms. The van der Waals surface area contributed by atoms with Crippen LogP contribution in [-0.4, -0.2) is 23.9 Å². The maximum atomic E-state index is 12.9. The summed E-state index contributed by atoms with van der Waals surface area (Å²) in [6, 6.07) is 21.1. The number of nitrogens with zero attached hydrogens (tertiary/aromatic N) is 1. The molecule has 2 aromatic carbocycles. The van der Waals surface area contributed by atoms with Crippen LogP contribution < -0.4 is 0 Å². The van der Waals surface area contributed by atoms with Gasteiger partial charge in [-0.3, -0.25) is 4.79 Å². The van der Waals surface area contributed by atoms with E-state index in [9.17, 15) is 4.79 Å². The molecule has 0 spiro atoms. The second kappa shape index (κ2) is 5.60. The predicted octanol–water partition coefficient (Wildman–Crippen LogP) is 3.69. The molecule has 5 rings (SSSR count). The standard InChI is InChI=1S/C20H21NO/c22-20-19(17-11-13-21(20)14-12-17)18(15-7-3-1-4-8-15)16-9-5-2-6-10-16/h1-10,17-19H,11-14H2. The second-order valence-electron chi connectivity index (χ2n) is 6.49. The lowest BCUT2D eigenvalue weighted by Gasteiger charge is -2.47. The minimum atomic E-state index is 0.104. The normalized spacial score (nSPS) is 24.0. The highest BCUT2D eigenvalue weighted by atomic mass is 16.2. The Bertz CT molecular complexity index is 604. The van der Waals surface area contributed by atoms with Crippen molar-refractivity contribution in [2.45, 2.75) is 18.8 Å². The number of hydrogen-bond acceptors (Lipinski definition) is 1. The molecular formula is C20H21NO. The Balaban J connectivity index is 1.79. The van der Waals surface area contributed by atoms with E-state index in [4.69, 9.17) is 0 Å². The molecular weight excluding hydrogens is 270 g/mol. The molecule has 1 atom stereocenters. The van der Waals surface area contributed by atoms with E-state index in [0.717, 1.165) is 25.9 Å². The van der Waals surface area contributed by atoms with Gasteiger partial charge in [0.2, 0.25) is 5.91 Å². The third-order valence-corrected chi connectivity index (χ3v) is 5.32. The Morgan fingerprint density at radius 3 is 1.77 bits per heavy atom. The topological polar surface area (TPSA) is 20.3 Å². The van der Waals surface area contributed by atoms with E-state index < -0.39 is 0 Å². The molecule has 3 aliphatic heterocycles. The van der Waals surface area contributed by atoms with Crippen molar-refractivity contribution in [1.29, 1.82) is 0 Å². The summed E-state index contributed by atoms with van der Waals surface area (Å²) in [7, 11) is 0. The summed E-state index contributed by atoms with van der Waals surface area (Å²) in [5.74, 6) is 1.18. The van der Waals surface area contributed by atoms with Crippen LogP contribution in [0, 0.1) is 11.8 Å². The average Bonchev–Trinajstić information content (AvgIpc) is 2.60. The smallest absolute Gasteiger partial charge is 0.226 e. The van der Waals surface area contributed by atoms with Crippen LogP contribution in [0.3, 0.4) is 0 Å². The van der Waals surface area contributed by atoms with Gasteiger partial charge in [-0.1, -0.05) is 60.7 Å². The number of benzene rings is 2. The van der Waals surface area contributed by atoms with E-state index in [1.807, 2.05) is 12.1 Å². The fraction of sp³-hybridized carbons (Fsp3) is 0.350. The quantitative estimate of drug-likeness (QED) is 0.844. The maximum absolute atomic E-state index is 12.9. The van der Waals surface area contributed by atoms with Crippen molar-refractivity contribution in [2.75, 3.05) is 13.1 Å². The first-order valence-electron chi connectivity index (χ1n) is 8.23. The Hall–Kier alpha value is -2.09. The van der Waals surface area contributed by atoms with Crippen LogP contribution in [-0.2, 0) is 4.79 Å². The molecule has 1 amide bonds. The van der Waals surface area contributed by atoms with Crippen molar-refractivity contribution >= 4 is 5.91 Å². The third-order valence-electron chi connectivity index (χ3n) is 5.32. The van der Waals surface area contributed by atoms with E-state index >= 15 is 0 Å². The highest BCUT2D eigenvalue weighted by Crippen LogP contribution is 2.44. The third kappa shape index (κ3) is 2.23. The molecule has 2 bridgehead atoms. The molecule has 0 aliphatic carbocycles. The first-order valence-corrected chi connectivity index (χ1v) is 8.23. The highest BCUT2D eigenvalue weighted by Gasteiger charge is 2.45. The van der Waals surface area contributed by atoms with Gasteiger partial charge >= 0.3 is 0 Å². The predicted molar refractivity (Wildman–Crippen MR) is 87.5 cm³/mol. The van der Waals surface area contributed by atoms with Crippen molar-refractivity contribution in [3.63, 3.8) is 0 Å². The molecule has 3 aliphatic rings. The van der Waals surface area contributed by atoms with Gasteiger partial charge < -0.3 is 4.90 Å². The number of fused-ring (bicyclic) bond motifs is 3. The molecule has 3 saturated heterocycles. The molecule has 112 valence electrons. The van der Waals surface area contributed by atoms with Crippen molar-refractivity contribution in [3.05, 3.63) is 71.8 Å². The van der Waals surface area contributed by atoms with Crippen molar-refractivity contribution in [1.82, 2.24) is 4.90 Å². The van der Waals surface area contributed by atoms with Gasteiger partial charge in [0.15, 0.2) is 0 Å². The molecule has 3 heterocycles. The van der Waals surface area contributed by atoms with E-state index in [2.05, 4.69) is 53.4 Å². The summed E-state index contributed by atoms with van der Waals surface area (Å²) in [5, 5.41) is 0. The Labute approximate surface area is 131 Å². The molecule has 2 nitrogen and oxygen atoms in total. The summed E-state index contributed by atoms with van der Waals surface area (Å²) in [6.45, 7) is 1.91. The fourth-order valence-corrected chi connectivity index (χ4v) is 4.23. The summed E-state index contributed by atoms with van der Waals surface area (Å²) < 4.78 is 0. The molecule has 3 fully saturated rings. The van der Waals surface area contributed by atoms with Crippen molar-refractivity contribution in [3.8, 4) is 0 Å². The van der Waals surface area contributed by atoms with Gasteiger partial charge in [0, 0.05) is 19.0 Å². The van der Waals surface area contributed by atoms with Gasteiger partial charge in [-0.2, -0.15) is 0 Å². The van der Waals surface area contributed by atoms with Crippen molar-refractivity contribution in [2.24, 2.45) is 11.8 Å². The van der Waals surface area contributed by atoms with Crippen LogP contribution in [0.1, 0.15) is 29.9 Å². The summed E-state index contributed by atoms with van der Waals surface area (Å²) in [6.07, 6.45) is 2.32. The lowest BCUT2D eigenvalue weighted by molar-refractivity contribution is -0.147. The molecule has 2 aromatic rings. The highest BCUT2D eigenvalue weighted by molar-refractivity contribution is 5.82. The molecule has 0 saturated carbocycles. The first-order chi connectivity index (χ1) is 10.8. The zero-order valence-corrected chi connectivity index (χ0v) is 12.7. The number of carbonyl (C=O) groups excluding carboxylic acids is 1. The number of hydrogen-bond donors (Lipinski definition) is 0. The molecule has 0 N–H and O–H groups in total. The van der Waals surface area contributed by atoms with Crippen LogP contribution in [0.4, 0.5) is 0 Å². The maximum Gasteiger partial charge on any atom is 0.226 e. The molecule has 1 unspecified atom stereocenters. The summed E-state index contributed by atoms with van der Waals surface area (Å²) in [4.78, 5) is 15.0. The SMILES string of the molecule is O=C1C(C(c2ccccc2)c2ccccc2)C2CCN1CC2. The summed E-state index contributed by atoms with van der Waals surface area (Å²) in [5.41, 5.74) is 2.53. The van der Waals surface area contributed by atoms with Crippen molar-refractivity contribution < 1.29 is 4.79 Å². The van der Waals surface area contributed by atoms with Crippen LogP contribution in [0.5, 0.6) is 0 Å². The molecule has 22 heavy (non-hydrogen) atoms. The molecule has 0 aromatic heterocycles. The Kier molecular flexibility index (Phi) is 3.45. The van der Waals surface area contributed by atoms with E-state index in [-0.39, 0.29) is 11.8 Å². The zero-order valence-electron chi connectivity index (χ0n) is 12.7. The van der Waals surface area contributed by atoms with Gasteiger partial charge in [0.1, 0.15) is 0 Å². The zero-order chi connectivity index (χ0) is 14.9. The number of rotatable bonds is 3. The van der Waals surface area contributed by atoms with Gasteiger partial charge in [-0.05, 0) is 29.9 Å². The number of piperidine rings is 3. The first kappa shape index (κ1) is 13.6. The fourth-order valence-electron chi connectivity index (χ4n) is 4.23. The second-order valence-corrected chi connectivity index (χ2v) is 6.49. The van der Waals surface area contributed by atoms with Crippen LogP contribution in [0.25, 0.3) is 0 Å². The lowest BCUT2D eigenvalue weighted by atomic mass is 9.68. The Morgan fingerprint density at radius 1 is 0.818 bits per heavy atom. The van der Waals surface area contributed by atoms with Gasteiger partial charge in [0.05, 0.1) is 5.92 Å². The van der Waals surface area contributed by atoms with E-state index in [1.165, 1.54) is 11.1 Å². The number of carbonyl (C=O) groups is 1. The van der Waals surface area contributed by atoms with Gasteiger partial charge in [-0.15, -0.1) is 0 Å². The average molecular weight is 291 g/mol. The minimum Gasteiger partial charge on any atom is -0.342 e. The van der Waals surface area contributed by atoms with E-state index in [1.54, 1.807) is 0 Å². The Morgan fingerprint density at radius 2 is 1.32 bits per heavy atom. The summed E-state index contributed by atoms with van der Waals surface area (Å²) >= 11 is 0. The van der Waals surface area contributed by atoms with Gasteiger partial charge in [0.25, 0.3) is 0 Å².